The molecule has 0 saturated carbocycles. The molecule has 17 heavy (non-hydrogen) atoms. The van der Waals surface area contributed by atoms with Gasteiger partial charge in [-0.3, -0.25) is 4.79 Å². The van der Waals surface area contributed by atoms with E-state index in [1.807, 2.05) is 30.3 Å². The first-order chi connectivity index (χ1) is 8.24. The summed E-state index contributed by atoms with van der Waals surface area (Å²) in [5.41, 5.74) is 6.61. The Morgan fingerprint density at radius 3 is 2.47 bits per heavy atom. The molecule has 94 valence electrons. The minimum Gasteiger partial charge on any atom is -0.481 e. The molecule has 1 unspecified atom stereocenters. The Labute approximate surface area is 103 Å². The zero-order chi connectivity index (χ0) is 12.5. The smallest absolute Gasteiger partial charge is 0.306 e. The van der Waals surface area contributed by atoms with Crippen LogP contribution in [-0.2, 0) is 11.2 Å². The van der Waals surface area contributed by atoms with E-state index >= 15 is 0 Å². The summed E-state index contributed by atoms with van der Waals surface area (Å²) < 4.78 is 0. The molecule has 0 aliphatic heterocycles. The van der Waals surface area contributed by atoms with E-state index in [-0.39, 0.29) is 5.92 Å². The number of aryl methyl sites for hydroxylation is 1. The Kier molecular flexibility index (Phi) is 6.33. The number of unbranched alkanes of at least 4 members (excludes halogenated alkanes) is 1. The van der Waals surface area contributed by atoms with Gasteiger partial charge in [0.1, 0.15) is 0 Å². The Morgan fingerprint density at radius 2 is 1.88 bits per heavy atom. The van der Waals surface area contributed by atoms with Crippen LogP contribution in [0, 0.1) is 5.92 Å². The second-order valence-electron chi connectivity index (χ2n) is 4.34. The summed E-state index contributed by atoms with van der Waals surface area (Å²) in [4.78, 5) is 11.1. The number of carboxylic acid groups (broad SMARTS) is 1. The summed E-state index contributed by atoms with van der Waals surface area (Å²) in [5.74, 6) is -0.917. The Bertz CT molecular complexity index is 324. The Balaban J connectivity index is 2.36. The first kappa shape index (κ1) is 13.7. The molecule has 0 aromatic heterocycles. The van der Waals surface area contributed by atoms with Gasteiger partial charge in [0.2, 0.25) is 0 Å². The number of nitrogens with two attached hydrogens (primary N) is 1. The summed E-state index contributed by atoms with van der Waals surface area (Å²) in [7, 11) is 0. The lowest BCUT2D eigenvalue weighted by Gasteiger charge is -2.11. The third-order valence-electron chi connectivity index (χ3n) is 2.98. The van der Waals surface area contributed by atoms with Gasteiger partial charge in [-0.1, -0.05) is 36.8 Å². The average molecular weight is 235 g/mol. The molecule has 0 radical (unpaired) electrons. The maximum atomic E-state index is 11.1. The van der Waals surface area contributed by atoms with E-state index in [1.54, 1.807) is 0 Å². The van der Waals surface area contributed by atoms with E-state index < -0.39 is 5.97 Å². The number of benzene rings is 1. The second kappa shape index (κ2) is 7.85. The number of hydrogen-bond donors (Lipinski definition) is 2. The summed E-state index contributed by atoms with van der Waals surface area (Å²) >= 11 is 0. The maximum absolute atomic E-state index is 11.1. The number of aliphatic carboxylic acids is 1. The monoisotopic (exact) mass is 235 g/mol. The molecular formula is C14H21NO2. The van der Waals surface area contributed by atoms with Crippen LogP contribution in [0.25, 0.3) is 0 Å². The molecule has 0 amide bonds. The van der Waals surface area contributed by atoms with Crippen molar-refractivity contribution in [2.24, 2.45) is 11.7 Å². The van der Waals surface area contributed by atoms with E-state index in [9.17, 15) is 4.79 Å². The highest BCUT2D eigenvalue weighted by molar-refractivity contribution is 5.69. The van der Waals surface area contributed by atoms with Crippen LogP contribution in [0.5, 0.6) is 0 Å². The Hall–Kier alpha value is -1.35. The standard InChI is InChI=1S/C14H21NO2/c15-11-5-4-8-13(14(16)17)10-9-12-6-2-1-3-7-12/h1-3,6-7,13H,4-5,8-11,15H2,(H,16,17). The summed E-state index contributed by atoms with van der Waals surface area (Å²) in [5, 5.41) is 9.12. The molecule has 3 nitrogen and oxygen atoms in total. The van der Waals surface area contributed by atoms with Gasteiger partial charge in [0, 0.05) is 0 Å². The van der Waals surface area contributed by atoms with Crippen molar-refractivity contribution in [1.82, 2.24) is 0 Å². The SMILES string of the molecule is NCCCCC(CCc1ccccc1)C(=O)O. The van der Waals surface area contributed by atoms with E-state index in [4.69, 9.17) is 10.8 Å². The lowest BCUT2D eigenvalue weighted by molar-refractivity contribution is -0.142. The van der Waals surface area contributed by atoms with Crippen molar-refractivity contribution < 1.29 is 9.90 Å². The highest BCUT2D eigenvalue weighted by Gasteiger charge is 2.16. The lowest BCUT2D eigenvalue weighted by Crippen LogP contribution is -2.15. The van der Waals surface area contributed by atoms with Crippen LogP contribution < -0.4 is 5.73 Å². The van der Waals surface area contributed by atoms with Crippen molar-refractivity contribution in [3.05, 3.63) is 35.9 Å². The molecule has 1 atom stereocenters. The quantitative estimate of drug-likeness (QED) is 0.680. The number of carboxylic acids is 1. The molecule has 0 fully saturated rings. The predicted molar refractivity (Wildman–Crippen MR) is 68.8 cm³/mol. The van der Waals surface area contributed by atoms with Gasteiger partial charge in [0.25, 0.3) is 0 Å². The van der Waals surface area contributed by atoms with Crippen LogP contribution in [0.2, 0.25) is 0 Å². The van der Waals surface area contributed by atoms with Gasteiger partial charge in [0.05, 0.1) is 5.92 Å². The van der Waals surface area contributed by atoms with Gasteiger partial charge in [-0.05, 0) is 37.8 Å². The van der Waals surface area contributed by atoms with Gasteiger partial charge in [-0.25, -0.2) is 0 Å². The minimum atomic E-state index is -0.682. The normalized spacial score (nSPS) is 12.3. The first-order valence-electron chi connectivity index (χ1n) is 6.21. The number of hydrogen-bond acceptors (Lipinski definition) is 2. The van der Waals surface area contributed by atoms with E-state index in [1.165, 1.54) is 5.56 Å². The molecule has 3 N–H and O–H groups in total. The van der Waals surface area contributed by atoms with Crippen LogP contribution in [0.3, 0.4) is 0 Å². The highest BCUT2D eigenvalue weighted by Crippen LogP contribution is 2.16. The van der Waals surface area contributed by atoms with E-state index in [0.717, 1.165) is 25.7 Å². The van der Waals surface area contributed by atoms with Crippen molar-refractivity contribution in [1.29, 1.82) is 0 Å². The summed E-state index contributed by atoms with van der Waals surface area (Å²) in [6, 6.07) is 10.0. The minimum absolute atomic E-state index is 0.234. The number of carbonyl (C=O) groups is 1. The van der Waals surface area contributed by atoms with Gasteiger partial charge < -0.3 is 10.8 Å². The fourth-order valence-electron chi connectivity index (χ4n) is 1.91. The lowest BCUT2D eigenvalue weighted by atomic mass is 9.94. The zero-order valence-corrected chi connectivity index (χ0v) is 10.1. The van der Waals surface area contributed by atoms with Gasteiger partial charge in [-0.15, -0.1) is 0 Å². The fraction of sp³-hybridized carbons (Fsp3) is 0.500. The van der Waals surface area contributed by atoms with Crippen LogP contribution >= 0.6 is 0 Å². The molecular weight excluding hydrogens is 214 g/mol. The Morgan fingerprint density at radius 1 is 1.18 bits per heavy atom. The number of rotatable bonds is 8. The van der Waals surface area contributed by atoms with Crippen LogP contribution in [0.1, 0.15) is 31.2 Å². The molecule has 0 bridgehead atoms. The fourth-order valence-corrected chi connectivity index (χ4v) is 1.91. The van der Waals surface area contributed by atoms with Crippen molar-refractivity contribution in [2.45, 2.75) is 32.1 Å². The summed E-state index contributed by atoms with van der Waals surface area (Å²) in [6.45, 7) is 0.644. The molecule has 0 spiro atoms. The molecule has 0 saturated heterocycles. The molecule has 3 heteroatoms. The largest absolute Gasteiger partial charge is 0.481 e. The van der Waals surface area contributed by atoms with Crippen LogP contribution in [0.4, 0.5) is 0 Å². The summed E-state index contributed by atoms with van der Waals surface area (Å²) in [6.07, 6.45) is 4.10. The van der Waals surface area contributed by atoms with E-state index in [2.05, 4.69) is 0 Å². The van der Waals surface area contributed by atoms with E-state index in [0.29, 0.717) is 13.0 Å². The first-order valence-corrected chi connectivity index (χ1v) is 6.21. The highest BCUT2D eigenvalue weighted by atomic mass is 16.4. The third kappa shape index (κ3) is 5.50. The maximum Gasteiger partial charge on any atom is 0.306 e. The molecule has 0 aliphatic carbocycles. The molecule has 0 aliphatic rings. The second-order valence-corrected chi connectivity index (χ2v) is 4.34. The zero-order valence-electron chi connectivity index (χ0n) is 10.1. The van der Waals surface area contributed by atoms with Gasteiger partial charge in [0.15, 0.2) is 0 Å². The molecule has 1 aromatic rings. The molecule has 1 rings (SSSR count). The molecule has 0 heterocycles. The average Bonchev–Trinajstić information content (AvgIpc) is 2.34. The van der Waals surface area contributed by atoms with Gasteiger partial charge in [-0.2, -0.15) is 0 Å². The van der Waals surface area contributed by atoms with Crippen LogP contribution in [-0.4, -0.2) is 17.6 Å². The third-order valence-corrected chi connectivity index (χ3v) is 2.98. The molecule has 1 aromatic carbocycles. The van der Waals surface area contributed by atoms with Crippen molar-refractivity contribution in [3.63, 3.8) is 0 Å². The topological polar surface area (TPSA) is 63.3 Å². The van der Waals surface area contributed by atoms with Gasteiger partial charge >= 0.3 is 5.97 Å². The van der Waals surface area contributed by atoms with Crippen molar-refractivity contribution in [3.8, 4) is 0 Å². The predicted octanol–water partition coefficient (Wildman–Crippen LogP) is 2.45. The van der Waals surface area contributed by atoms with Crippen molar-refractivity contribution >= 4 is 5.97 Å². The van der Waals surface area contributed by atoms with Crippen molar-refractivity contribution in [2.75, 3.05) is 6.54 Å². The van der Waals surface area contributed by atoms with Crippen LogP contribution in [0.15, 0.2) is 30.3 Å².